The molecule has 1 aliphatic rings. The van der Waals surface area contributed by atoms with Crippen LogP contribution in [0, 0.1) is 0 Å². The summed E-state index contributed by atoms with van der Waals surface area (Å²) in [6.07, 6.45) is 3.79. The van der Waals surface area contributed by atoms with Gasteiger partial charge in [-0.2, -0.15) is 5.10 Å². The van der Waals surface area contributed by atoms with Gasteiger partial charge >= 0.3 is 11.9 Å². The number of carbonyl (C=O) groups excluding carboxylic acids is 1. The summed E-state index contributed by atoms with van der Waals surface area (Å²) in [6, 6.07) is 8.66. The average Bonchev–Trinajstić information content (AvgIpc) is 3.14. The Hall–Kier alpha value is -2.98. The van der Waals surface area contributed by atoms with E-state index in [-0.39, 0.29) is 24.6 Å². The highest BCUT2D eigenvalue weighted by Crippen LogP contribution is 2.22. The molecule has 5 N–H and O–H groups in total. The maximum absolute atomic E-state index is 12.8. The van der Waals surface area contributed by atoms with Gasteiger partial charge in [-0.15, -0.1) is 0 Å². The van der Waals surface area contributed by atoms with Gasteiger partial charge in [-0.1, -0.05) is 18.2 Å². The number of piperidine rings is 1. The lowest BCUT2D eigenvalue weighted by Crippen LogP contribution is -2.49. The fraction of sp³-hybridized carbons (Fsp3) is 0.524. The van der Waals surface area contributed by atoms with Crippen LogP contribution in [0.5, 0.6) is 0 Å². The number of benzene rings is 1. The highest BCUT2D eigenvalue weighted by molar-refractivity contribution is 6.27. The van der Waals surface area contributed by atoms with E-state index in [9.17, 15) is 4.79 Å². The van der Waals surface area contributed by atoms with Crippen LogP contribution in [0.1, 0.15) is 56.1 Å². The number of aromatic nitrogens is 2. The van der Waals surface area contributed by atoms with E-state index in [4.69, 9.17) is 24.9 Å². The van der Waals surface area contributed by atoms with Gasteiger partial charge < -0.3 is 26.0 Å². The Bertz CT molecular complexity index is 890. The van der Waals surface area contributed by atoms with E-state index in [0.717, 1.165) is 43.1 Å². The van der Waals surface area contributed by atoms with Crippen LogP contribution in [-0.4, -0.2) is 68.2 Å². The monoisotopic (exact) mass is 434 g/mol. The molecule has 1 aromatic carbocycles. The van der Waals surface area contributed by atoms with Gasteiger partial charge in [0.05, 0.1) is 5.52 Å². The van der Waals surface area contributed by atoms with Gasteiger partial charge in [-0.3, -0.25) is 9.48 Å². The van der Waals surface area contributed by atoms with Crippen LogP contribution in [-0.2, 0) is 9.59 Å². The number of rotatable bonds is 6. The van der Waals surface area contributed by atoms with Crippen molar-refractivity contribution in [2.75, 3.05) is 13.2 Å². The molecule has 0 spiro atoms. The third-order valence-corrected chi connectivity index (χ3v) is 5.06. The van der Waals surface area contributed by atoms with Gasteiger partial charge in [0.1, 0.15) is 0 Å². The quantitative estimate of drug-likeness (QED) is 0.428. The number of aliphatic carboxylic acids is 2. The minimum atomic E-state index is -1.82. The van der Waals surface area contributed by atoms with Crippen LogP contribution < -0.4 is 10.6 Å². The van der Waals surface area contributed by atoms with Crippen LogP contribution in [0.2, 0.25) is 0 Å². The standard InChI is InChI=1S/C19H28N4O2.C2H2O4/c1-13(2)23-17-8-4-3-7-16(17)18(22-23)19(25)21-15-10-9-14(20-12-15)6-5-11-24;3-1(4)2(5)6/h3-4,7-8,13-15,20,24H,5-6,9-12H2,1-2H3,(H,21,25);(H,3,4)(H,5,6)/t14-,15?;/m1./s1. The lowest BCUT2D eigenvalue weighted by molar-refractivity contribution is -0.159. The fourth-order valence-corrected chi connectivity index (χ4v) is 3.53. The van der Waals surface area contributed by atoms with Crippen molar-refractivity contribution in [3.05, 3.63) is 30.0 Å². The summed E-state index contributed by atoms with van der Waals surface area (Å²) >= 11 is 0. The number of hydrogen-bond acceptors (Lipinski definition) is 6. The van der Waals surface area contributed by atoms with Crippen LogP contribution in [0.3, 0.4) is 0 Å². The molecule has 31 heavy (non-hydrogen) atoms. The fourth-order valence-electron chi connectivity index (χ4n) is 3.53. The lowest BCUT2D eigenvalue weighted by Gasteiger charge is -2.30. The number of carbonyl (C=O) groups is 3. The molecule has 3 rings (SSSR count). The zero-order valence-corrected chi connectivity index (χ0v) is 17.7. The SMILES string of the molecule is CC(C)n1nc(C(=O)NC2CC[C@@H](CCCO)NC2)c2ccccc21.O=C(O)C(=O)O. The van der Waals surface area contributed by atoms with E-state index >= 15 is 0 Å². The zero-order chi connectivity index (χ0) is 23.0. The highest BCUT2D eigenvalue weighted by atomic mass is 16.4. The van der Waals surface area contributed by atoms with Crippen molar-refractivity contribution in [2.45, 2.75) is 57.7 Å². The Balaban J connectivity index is 0.000000501. The first-order chi connectivity index (χ1) is 14.7. The number of fused-ring (bicyclic) bond motifs is 1. The molecule has 0 radical (unpaired) electrons. The smallest absolute Gasteiger partial charge is 0.414 e. The molecule has 10 nitrogen and oxygen atoms in total. The summed E-state index contributed by atoms with van der Waals surface area (Å²) < 4.78 is 1.91. The van der Waals surface area contributed by atoms with Gasteiger partial charge in [0.25, 0.3) is 5.91 Å². The highest BCUT2D eigenvalue weighted by Gasteiger charge is 2.24. The number of hydrogen-bond donors (Lipinski definition) is 5. The number of aliphatic hydroxyl groups excluding tert-OH is 1. The van der Waals surface area contributed by atoms with E-state index < -0.39 is 11.9 Å². The van der Waals surface area contributed by atoms with Crippen LogP contribution >= 0.6 is 0 Å². The number of nitrogens with one attached hydrogen (secondary N) is 2. The van der Waals surface area contributed by atoms with Crippen LogP contribution in [0.15, 0.2) is 24.3 Å². The van der Waals surface area contributed by atoms with E-state index in [2.05, 4.69) is 29.6 Å². The summed E-state index contributed by atoms with van der Waals surface area (Å²) in [5.74, 6) is -3.75. The summed E-state index contributed by atoms with van der Waals surface area (Å²) in [6.45, 7) is 5.14. The predicted molar refractivity (Wildman–Crippen MR) is 114 cm³/mol. The normalized spacial score (nSPS) is 18.3. The molecule has 1 unspecified atom stereocenters. The first-order valence-electron chi connectivity index (χ1n) is 10.3. The third-order valence-electron chi connectivity index (χ3n) is 5.06. The van der Waals surface area contributed by atoms with Crippen molar-refractivity contribution in [3.8, 4) is 0 Å². The topological polar surface area (TPSA) is 154 Å². The number of para-hydroxylation sites is 1. The van der Waals surface area contributed by atoms with Crippen molar-refractivity contribution < 1.29 is 29.7 Å². The van der Waals surface area contributed by atoms with Crippen LogP contribution in [0.25, 0.3) is 10.9 Å². The van der Waals surface area contributed by atoms with E-state index in [1.54, 1.807) is 0 Å². The largest absolute Gasteiger partial charge is 0.473 e. The predicted octanol–water partition coefficient (Wildman–Crippen LogP) is 1.40. The number of amides is 1. The molecule has 0 bridgehead atoms. The second-order valence-electron chi connectivity index (χ2n) is 7.73. The molecule has 1 aliphatic heterocycles. The molecular weight excluding hydrogens is 404 g/mol. The molecular formula is C21H30N4O6. The molecule has 0 aliphatic carbocycles. The Morgan fingerprint density at radius 1 is 1.19 bits per heavy atom. The van der Waals surface area contributed by atoms with Gasteiger partial charge in [-0.25, -0.2) is 9.59 Å². The van der Waals surface area contributed by atoms with Gasteiger partial charge in [0.2, 0.25) is 0 Å². The van der Waals surface area contributed by atoms with Crippen molar-refractivity contribution in [1.82, 2.24) is 20.4 Å². The second kappa shape index (κ2) is 11.4. The minimum absolute atomic E-state index is 0.101. The molecule has 2 heterocycles. The summed E-state index contributed by atoms with van der Waals surface area (Å²) in [7, 11) is 0. The van der Waals surface area contributed by atoms with Crippen molar-refractivity contribution in [3.63, 3.8) is 0 Å². The van der Waals surface area contributed by atoms with Gasteiger partial charge in [0, 0.05) is 36.7 Å². The number of nitrogens with zero attached hydrogens (tertiary/aromatic N) is 2. The molecule has 1 saturated heterocycles. The van der Waals surface area contributed by atoms with Crippen molar-refractivity contribution in [2.24, 2.45) is 0 Å². The van der Waals surface area contributed by atoms with Gasteiger partial charge in [0.15, 0.2) is 5.69 Å². The lowest BCUT2D eigenvalue weighted by atomic mass is 9.97. The molecule has 170 valence electrons. The van der Waals surface area contributed by atoms with E-state index in [1.807, 2.05) is 28.9 Å². The van der Waals surface area contributed by atoms with E-state index in [0.29, 0.717) is 11.7 Å². The number of carboxylic acids is 2. The molecule has 1 fully saturated rings. The first-order valence-corrected chi connectivity index (χ1v) is 10.3. The number of carboxylic acid groups (broad SMARTS) is 2. The Morgan fingerprint density at radius 3 is 2.42 bits per heavy atom. The zero-order valence-electron chi connectivity index (χ0n) is 17.7. The maximum Gasteiger partial charge on any atom is 0.414 e. The van der Waals surface area contributed by atoms with E-state index in [1.165, 1.54) is 0 Å². The minimum Gasteiger partial charge on any atom is -0.473 e. The third kappa shape index (κ3) is 6.76. The second-order valence-corrected chi connectivity index (χ2v) is 7.73. The molecule has 0 saturated carbocycles. The van der Waals surface area contributed by atoms with Crippen molar-refractivity contribution >= 4 is 28.7 Å². The Kier molecular flexibility index (Phi) is 8.95. The summed E-state index contributed by atoms with van der Waals surface area (Å²) in [5, 5.41) is 35.8. The first kappa shape index (κ1) is 24.3. The summed E-state index contributed by atoms with van der Waals surface area (Å²) in [5.41, 5.74) is 1.50. The summed E-state index contributed by atoms with van der Waals surface area (Å²) in [4.78, 5) is 31.0. The number of aliphatic hydroxyl groups is 1. The molecule has 10 heteroatoms. The van der Waals surface area contributed by atoms with Gasteiger partial charge in [-0.05, 0) is 45.6 Å². The maximum atomic E-state index is 12.8. The van der Waals surface area contributed by atoms with Crippen molar-refractivity contribution in [1.29, 1.82) is 0 Å². The average molecular weight is 434 g/mol. The molecule has 2 aromatic rings. The molecule has 1 aromatic heterocycles. The Labute approximate surface area is 180 Å². The molecule has 2 atom stereocenters. The Morgan fingerprint density at radius 2 is 1.87 bits per heavy atom. The van der Waals surface area contributed by atoms with Crippen LogP contribution in [0.4, 0.5) is 0 Å². The molecule has 1 amide bonds.